The molecular formula is C10H16N2O3. The van der Waals surface area contributed by atoms with Crippen molar-refractivity contribution in [3.8, 4) is 0 Å². The van der Waals surface area contributed by atoms with Crippen LogP contribution in [0.15, 0.2) is 22.8 Å². The fraction of sp³-hybridized carbons (Fsp3) is 0.500. The van der Waals surface area contributed by atoms with Crippen LogP contribution in [0.2, 0.25) is 0 Å². The molecule has 1 atom stereocenters. The first kappa shape index (κ1) is 11.6. The van der Waals surface area contributed by atoms with Gasteiger partial charge in [-0.1, -0.05) is 0 Å². The van der Waals surface area contributed by atoms with Crippen LogP contribution in [0.5, 0.6) is 0 Å². The highest BCUT2D eigenvalue weighted by Gasteiger charge is 2.11. The molecule has 1 aromatic heterocycles. The summed E-state index contributed by atoms with van der Waals surface area (Å²) in [5, 5.41) is 14.7. The van der Waals surface area contributed by atoms with Gasteiger partial charge in [-0.3, -0.25) is 0 Å². The van der Waals surface area contributed by atoms with Crippen LogP contribution in [0.1, 0.15) is 25.7 Å². The first-order valence-electron chi connectivity index (χ1n) is 4.85. The smallest absolute Gasteiger partial charge is 0.315 e. The summed E-state index contributed by atoms with van der Waals surface area (Å²) in [5.41, 5.74) is 0. The molecule has 1 aromatic rings. The number of urea groups is 1. The second-order valence-corrected chi connectivity index (χ2v) is 3.54. The molecule has 84 valence electrons. The van der Waals surface area contributed by atoms with Gasteiger partial charge in [0.2, 0.25) is 0 Å². The molecule has 1 heterocycles. The molecule has 3 N–H and O–H groups in total. The van der Waals surface area contributed by atoms with E-state index in [4.69, 9.17) is 4.42 Å². The van der Waals surface area contributed by atoms with E-state index in [9.17, 15) is 9.90 Å². The first-order valence-corrected chi connectivity index (χ1v) is 4.85. The number of aliphatic hydroxyl groups excluding tert-OH is 1. The van der Waals surface area contributed by atoms with E-state index in [1.165, 1.54) is 6.26 Å². The molecule has 0 aliphatic heterocycles. The van der Waals surface area contributed by atoms with Gasteiger partial charge in [-0.15, -0.1) is 0 Å². The minimum atomic E-state index is -0.807. The van der Waals surface area contributed by atoms with E-state index in [1.807, 2.05) is 13.8 Å². The van der Waals surface area contributed by atoms with Gasteiger partial charge in [-0.2, -0.15) is 0 Å². The van der Waals surface area contributed by atoms with Gasteiger partial charge in [0.05, 0.1) is 12.8 Å². The Kier molecular flexibility index (Phi) is 4.17. The fourth-order valence-electron chi connectivity index (χ4n) is 1.08. The van der Waals surface area contributed by atoms with E-state index in [2.05, 4.69) is 10.6 Å². The van der Waals surface area contributed by atoms with Crippen molar-refractivity contribution in [2.45, 2.75) is 26.0 Å². The van der Waals surface area contributed by atoms with E-state index in [1.54, 1.807) is 12.1 Å². The van der Waals surface area contributed by atoms with Gasteiger partial charge in [0.15, 0.2) is 0 Å². The third kappa shape index (κ3) is 4.03. The molecule has 5 nitrogen and oxygen atoms in total. The molecule has 1 unspecified atom stereocenters. The fourth-order valence-corrected chi connectivity index (χ4v) is 1.08. The zero-order chi connectivity index (χ0) is 11.3. The Morgan fingerprint density at radius 3 is 2.87 bits per heavy atom. The van der Waals surface area contributed by atoms with Crippen molar-refractivity contribution in [1.29, 1.82) is 0 Å². The van der Waals surface area contributed by atoms with Gasteiger partial charge in [0, 0.05) is 6.04 Å². The number of furan rings is 1. The van der Waals surface area contributed by atoms with Crippen LogP contribution >= 0.6 is 0 Å². The third-order valence-corrected chi connectivity index (χ3v) is 1.75. The number of carbonyl (C=O) groups excluding carboxylic acids is 1. The number of nitrogens with one attached hydrogen (secondary N) is 2. The predicted octanol–water partition coefficient (Wildman–Crippen LogP) is 1.02. The maximum Gasteiger partial charge on any atom is 0.315 e. The molecule has 2 amide bonds. The second-order valence-electron chi connectivity index (χ2n) is 3.54. The maximum atomic E-state index is 11.2. The third-order valence-electron chi connectivity index (χ3n) is 1.75. The zero-order valence-electron chi connectivity index (χ0n) is 8.86. The molecule has 0 saturated heterocycles. The molecule has 0 saturated carbocycles. The lowest BCUT2D eigenvalue weighted by molar-refractivity contribution is 0.147. The summed E-state index contributed by atoms with van der Waals surface area (Å²) >= 11 is 0. The van der Waals surface area contributed by atoms with Crippen LogP contribution < -0.4 is 10.6 Å². The minimum Gasteiger partial charge on any atom is -0.467 e. The van der Waals surface area contributed by atoms with Crippen LogP contribution in [-0.4, -0.2) is 23.7 Å². The zero-order valence-corrected chi connectivity index (χ0v) is 8.86. The molecule has 15 heavy (non-hydrogen) atoms. The summed E-state index contributed by atoms with van der Waals surface area (Å²) in [6, 6.07) is 3.13. The topological polar surface area (TPSA) is 74.5 Å². The van der Waals surface area contributed by atoms with Crippen LogP contribution in [0.4, 0.5) is 4.79 Å². The number of aliphatic hydroxyl groups is 1. The van der Waals surface area contributed by atoms with E-state index < -0.39 is 6.10 Å². The number of rotatable bonds is 4. The lowest BCUT2D eigenvalue weighted by Gasteiger charge is -2.12. The van der Waals surface area contributed by atoms with Gasteiger partial charge >= 0.3 is 6.03 Å². The Morgan fingerprint density at radius 2 is 2.33 bits per heavy atom. The Morgan fingerprint density at radius 1 is 1.60 bits per heavy atom. The van der Waals surface area contributed by atoms with Crippen molar-refractivity contribution in [2.75, 3.05) is 6.54 Å². The van der Waals surface area contributed by atoms with Crippen molar-refractivity contribution in [1.82, 2.24) is 10.6 Å². The highest BCUT2D eigenvalue weighted by atomic mass is 16.4. The Balaban J connectivity index is 2.28. The number of hydrogen-bond acceptors (Lipinski definition) is 3. The van der Waals surface area contributed by atoms with Gasteiger partial charge in [-0.05, 0) is 26.0 Å². The summed E-state index contributed by atoms with van der Waals surface area (Å²) in [6.07, 6.45) is 0.671. The summed E-state index contributed by atoms with van der Waals surface area (Å²) in [4.78, 5) is 11.2. The number of amides is 2. The molecule has 1 rings (SSSR count). The molecule has 0 aliphatic carbocycles. The Hall–Kier alpha value is -1.49. The molecule has 0 bridgehead atoms. The summed E-state index contributed by atoms with van der Waals surface area (Å²) in [6.45, 7) is 3.86. The van der Waals surface area contributed by atoms with Crippen molar-refractivity contribution in [2.24, 2.45) is 0 Å². The van der Waals surface area contributed by atoms with Gasteiger partial charge < -0.3 is 20.2 Å². The summed E-state index contributed by atoms with van der Waals surface area (Å²) < 4.78 is 4.99. The van der Waals surface area contributed by atoms with Gasteiger partial charge in [-0.25, -0.2) is 4.79 Å². The predicted molar refractivity (Wildman–Crippen MR) is 55.3 cm³/mol. The van der Waals surface area contributed by atoms with Crippen LogP contribution in [0, 0.1) is 0 Å². The average molecular weight is 212 g/mol. The second kappa shape index (κ2) is 5.41. The first-order chi connectivity index (χ1) is 7.09. The molecule has 0 aliphatic rings. The highest BCUT2D eigenvalue weighted by Crippen LogP contribution is 2.11. The standard InChI is InChI=1S/C10H16N2O3/c1-7(2)12-10(14)11-6-8(13)9-4-3-5-15-9/h3-5,7-8,13H,6H2,1-2H3,(H2,11,12,14). The van der Waals surface area contributed by atoms with Gasteiger partial charge in [0.1, 0.15) is 11.9 Å². The van der Waals surface area contributed by atoms with E-state index in [-0.39, 0.29) is 18.6 Å². The molecule has 0 radical (unpaired) electrons. The molecular weight excluding hydrogens is 196 g/mol. The van der Waals surface area contributed by atoms with Crippen LogP contribution in [0.3, 0.4) is 0 Å². The SMILES string of the molecule is CC(C)NC(=O)NCC(O)c1ccco1. The van der Waals surface area contributed by atoms with Crippen molar-refractivity contribution in [3.63, 3.8) is 0 Å². The monoisotopic (exact) mass is 212 g/mol. The maximum absolute atomic E-state index is 11.2. The normalized spacial score (nSPS) is 12.5. The van der Waals surface area contributed by atoms with E-state index in [0.29, 0.717) is 5.76 Å². The molecule has 0 spiro atoms. The van der Waals surface area contributed by atoms with Crippen molar-refractivity contribution < 1.29 is 14.3 Å². The number of hydrogen-bond donors (Lipinski definition) is 3. The molecule has 5 heteroatoms. The van der Waals surface area contributed by atoms with Gasteiger partial charge in [0.25, 0.3) is 0 Å². The lowest BCUT2D eigenvalue weighted by Crippen LogP contribution is -2.41. The minimum absolute atomic E-state index is 0.0748. The van der Waals surface area contributed by atoms with Crippen LogP contribution in [0.25, 0.3) is 0 Å². The quantitative estimate of drug-likeness (QED) is 0.697. The Labute approximate surface area is 88.5 Å². The van der Waals surface area contributed by atoms with Crippen LogP contribution in [-0.2, 0) is 0 Å². The molecule has 0 fully saturated rings. The lowest BCUT2D eigenvalue weighted by atomic mass is 10.3. The number of carbonyl (C=O) groups is 1. The molecule has 0 aromatic carbocycles. The summed E-state index contributed by atoms with van der Waals surface area (Å²) in [7, 11) is 0. The van der Waals surface area contributed by atoms with E-state index in [0.717, 1.165) is 0 Å². The highest BCUT2D eigenvalue weighted by molar-refractivity contribution is 5.74. The van der Waals surface area contributed by atoms with E-state index >= 15 is 0 Å². The van der Waals surface area contributed by atoms with Crippen molar-refractivity contribution >= 4 is 6.03 Å². The Bertz CT molecular complexity index is 296. The largest absolute Gasteiger partial charge is 0.467 e. The average Bonchev–Trinajstić information content (AvgIpc) is 2.65. The van der Waals surface area contributed by atoms with Crippen molar-refractivity contribution in [3.05, 3.63) is 24.2 Å². The summed E-state index contributed by atoms with van der Waals surface area (Å²) in [5.74, 6) is 0.444.